The SMILES string of the molecule is c1ccc(N2CCc3ccccc3-c3ccc(-c4nc(-c5cc(-n6c7ccccc7c7cc8ccccc8cc76)c6oc7ccccc7c6c5)nc(-c5cccc6ccccc56)n4)cc32)cc1. The molecule has 0 aliphatic carbocycles. The van der Waals surface area contributed by atoms with Crippen LogP contribution in [0, 0.1) is 0 Å². The predicted molar refractivity (Wildman–Crippen MR) is 275 cm³/mol. The van der Waals surface area contributed by atoms with E-state index in [-0.39, 0.29) is 0 Å². The van der Waals surface area contributed by atoms with E-state index < -0.39 is 0 Å². The summed E-state index contributed by atoms with van der Waals surface area (Å²) in [4.78, 5) is 18.7. The highest BCUT2D eigenvalue weighted by Crippen LogP contribution is 2.44. The second-order valence-electron chi connectivity index (χ2n) is 17.5. The highest BCUT2D eigenvalue weighted by Gasteiger charge is 2.25. The van der Waals surface area contributed by atoms with Gasteiger partial charge in [0.15, 0.2) is 23.1 Å². The normalized spacial score (nSPS) is 12.6. The van der Waals surface area contributed by atoms with Gasteiger partial charge in [0, 0.05) is 61.7 Å². The Bertz CT molecular complexity index is 4120. The summed E-state index contributed by atoms with van der Waals surface area (Å²) in [6, 6.07) is 75.5. The van der Waals surface area contributed by atoms with Crippen LogP contribution in [0.3, 0.4) is 0 Å². The zero-order chi connectivity index (χ0) is 44.0. The summed E-state index contributed by atoms with van der Waals surface area (Å²) >= 11 is 0. The fraction of sp³-hybridized carbons (Fsp3) is 0.0328. The Morgan fingerprint density at radius 2 is 1.04 bits per heavy atom. The first-order valence-corrected chi connectivity index (χ1v) is 22.9. The molecule has 0 amide bonds. The van der Waals surface area contributed by atoms with E-state index in [2.05, 4.69) is 210 Å². The quantitative estimate of drug-likeness (QED) is 0.173. The third-order valence-electron chi connectivity index (χ3n) is 13.7. The average Bonchev–Trinajstić information content (AvgIpc) is 3.87. The van der Waals surface area contributed by atoms with E-state index >= 15 is 0 Å². The van der Waals surface area contributed by atoms with Crippen LogP contribution < -0.4 is 4.90 Å². The summed E-state index contributed by atoms with van der Waals surface area (Å²) < 4.78 is 9.24. The first kappa shape index (κ1) is 37.5. The fourth-order valence-corrected chi connectivity index (χ4v) is 10.5. The molecular weight excluding hydrogens is 819 g/mol. The molecule has 4 heterocycles. The van der Waals surface area contributed by atoms with Crippen molar-refractivity contribution in [2.45, 2.75) is 6.42 Å². The topological polar surface area (TPSA) is 60.0 Å². The molecule has 1 aliphatic heterocycles. The third-order valence-corrected chi connectivity index (χ3v) is 13.7. The molecule has 6 heteroatoms. The van der Waals surface area contributed by atoms with Crippen molar-refractivity contribution >= 4 is 76.7 Å². The van der Waals surface area contributed by atoms with Crippen molar-refractivity contribution in [3.05, 3.63) is 218 Å². The van der Waals surface area contributed by atoms with Gasteiger partial charge in [0.05, 0.1) is 16.7 Å². The molecule has 0 bridgehead atoms. The second kappa shape index (κ2) is 14.8. The lowest BCUT2D eigenvalue weighted by atomic mass is 9.96. The highest BCUT2D eigenvalue weighted by molar-refractivity contribution is 6.16. The van der Waals surface area contributed by atoms with E-state index in [4.69, 9.17) is 19.4 Å². The van der Waals surface area contributed by atoms with Crippen molar-refractivity contribution < 1.29 is 4.42 Å². The minimum atomic E-state index is 0.577. The minimum Gasteiger partial charge on any atom is -0.454 e. The Labute approximate surface area is 385 Å². The van der Waals surface area contributed by atoms with Gasteiger partial charge in [0.2, 0.25) is 0 Å². The summed E-state index contributed by atoms with van der Waals surface area (Å²) in [7, 11) is 0. The van der Waals surface area contributed by atoms with Crippen LogP contribution in [0.2, 0.25) is 0 Å². The number of fused-ring (bicyclic) bond motifs is 11. The van der Waals surface area contributed by atoms with E-state index in [1.54, 1.807) is 0 Å². The Hall–Kier alpha value is -8.87. The average molecular weight is 858 g/mol. The maximum atomic E-state index is 6.87. The van der Waals surface area contributed by atoms with Gasteiger partial charge in [0.1, 0.15) is 5.58 Å². The molecule has 67 heavy (non-hydrogen) atoms. The van der Waals surface area contributed by atoms with Gasteiger partial charge in [-0.3, -0.25) is 0 Å². The predicted octanol–water partition coefficient (Wildman–Crippen LogP) is 15.5. The van der Waals surface area contributed by atoms with Crippen LogP contribution in [0.1, 0.15) is 5.56 Å². The molecule has 0 atom stereocenters. The van der Waals surface area contributed by atoms with E-state index in [0.717, 1.165) is 90.5 Å². The molecule has 14 rings (SSSR count). The molecular formula is C61H39N5O. The molecule has 0 unspecified atom stereocenters. The first-order valence-electron chi connectivity index (χ1n) is 22.9. The van der Waals surface area contributed by atoms with E-state index in [0.29, 0.717) is 17.5 Å². The Morgan fingerprint density at radius 1 is 0.388 bits per heavy atom. The van der Waals surface area contributed by atoms with Gasteiger partial charge in [-0.15, -0.1) is 0 Å². The number of hydrogen-bond acceptors (Lipinski definition) is 5. The lowest BCUT2D eigenvalue weighted by Gasteiger charge is -2.26. The van der Waals surface area contributed by atoms with Crippen LogP contribution >= 0.6 is 0 Å². The van der Waals surface area contributed by atoms with Crippen molar-refractivity contribution in [2.24, 2.45) is 0 Å². The van der Waals surface area contributed by atoms with Gasteiger partial charge in [-0.2, -0.15) is 0 Å². The molecule has 0 N–H and O–H groups in total. The van der Waals surface area contributed by atoms with Crippen molar-refractivity contribution in [3.63, 3.8) is 0 Å². The van der Waals surface area contributed by atoms with Crippen molar-refractivity contribution in [3.8, 4) is 51.0 Å². The smallest absolute Gasteiger partial charge is 0.164 e. The summed E-state index contributed by atoms with van der Waals surface area (Å²) in [5.41, 5.74) is 13.5. The van der Waals surface area contributed by atoms with Gasteiger partial charge in [-0.1, -0.05) is 158 Å². The summed E-state index contributed by atoms with van der Waals surface area (Å²) in [6.45, 7) is 0.835. The van der Waals surface area contributed by atoms with Crippen molar-refractivity contribution in [1.82, 2.24) is 19.5 Å². The molecule has 6 nitrogen and oxygen atoms in total. The number of para-hydroxylation sites is 3. The molecule has 0 saturated carbocycles. The van der Waals surface area contributed by atoms with Crippen LogP contribution in [0.5, 0.6) is 0 Å². The molecule has 1 aliphatic rings. The van der Waals surface area contributed by atoms with Crippen LogP contribution in [-0.4, -0.2) is 26.1 Å². The molecule has 0 fully saturated rings. The minimum absolute atomic E-state index is 0.577. The fourth-order valence-electron chi connectivity index (χ4n) is 10.5. The lowest BCUT2D eigenvalue weighted by molar-refractivity contribution is 0.666. The maximum absolute atomic E-state index is 6.87. The summed E-state index contributed by atoms with van der Waals surface area (Å²) in [5, 5.41) is 8.96. The number of furan rings is 1. The summed E-state index contributed by atoms with van der Waals surface area (Å²) in [5.74, 6) is 1.79. The largest absolute Gasteiger partial charge is 0.454 e. The monoisotopic (exact) mass is 857 g/mol. The Balaban J connectivity index is 1.05. The number of nitrogens with zero attached hydrogens (tertiary/aromatic N) is 5. The van der Waals surface area contributed by atoms with Gasteiger partial charge in [-0.25, -0.2) is 15.0 Å². The molecule has 314 valence electrons. The Morgan fingerprint density at radius 3 is 1.93 bits per heavy atom. The molecule has 10 aromatic carbocycles. The van der Waals surface area contributed by atoms with Crippen molar-refractivity contribution in [2.75, 3.05) is 11.4 Å². The molecule has 13 aromatic rings. The molecule has 0 radical (unpaired) electrons. The molecule has 0 saturated heterocycles. The van der Waals surface area contributed by atoms with Crippen LogP contribution in [-0.2, 0) is 6.42 Å². The van der Waals surface area contributed by atoms with Gasteiger partial charge in [0.25, 0.3) is 0 Å². The first-order chi connectivity index (χ1) is 33.2. The van der Waals surface area contributed by atoms with Crippen LogP contribution in [0.25, 0.3) is 116 Å². The number of aromatic nitrogens is 4. The number of hydrogen-bond donors (Lipinski definition) is 0. The highest BCUT2D eigenvalue weighted by atomic mass is 16.3. The lowest BCUT2D eigenvalue weighted by Crippen LogP contribution is -2.19. The zero-order valence-corrected chi connectivity index (χ0v) is 36.3. The van der Waals surface area contributed by atoms with E-state index in [1.807, 2.05) is 12.1 Å². The van der Waals surface area contributed by atoms with Crippen LogP contribution in [0.4, 0.5) is 11.4 Å². The third kappa shape index (κ3) is 6.00. The molecule has 0 spiro atoms. The van der Waals surface area contributed by atoms with E-state index in [9.17, 15) is 0 Å². The van der Waals surface area contributed by atoms with Gasteiger partial charge < -0.3 is 13.9 Å². The van der Waals surface area contributed by atoms with Gasteiger partial charge in [-0.05, 0) is 93.7 Å². The standard InChI is InChI=1S/C61H39N5O/c1-2-20-44(21-3-1)65-32-31-39-16-7-8-22-45(39)48-30-29-42(36-54(48)65)59-62-60(64-61(63-59)50-26-14-19-38-15-6-9-23-46(38)50)43-34-52-49-25-11-13-28-57(49)67-58(52)56(37-43)66-53-27-12-10-24-47(53)51-33-40-17-4-5-18-41(40)35-55(51)66/h1-30,33-37H,31-32H2. The maximum Gasteiger partial charge on any atom is 0.164 e. The number of anilines is 2. The van der Waals surface area contributed by atoms with Gasteiger partial charge >= 0.3 is 0 Å². The van der Waals surface area contributed by atoms with E-state index in [1.165, 1.54) is 38.2 Å². The van der Waals surface area contributed by atoms with Crippen molar-refractivity contribution in [1.29, 1.82) is 0 Å². The number of rotatable bonds is 5. The summed E-state index contributed by atoms with van der Waals surface area (Å²) in [6.07, 6.45) is 0.923. The second-order valence-corrected chi connectivity index (χ2v) is 17.5. The zero-order valence-electron chi connectivity index (χ0n) is 36.3. The number of benzene rings is 10. The van der Waals surface area contributed by atoms with Crippen LogP contribution in [0.15, 0.2) is 217 Å². The Kier molecular flexibility index (Phi) is 8.31. The molecule has 3 aromatic heterocycles.